The number of carbonyl (C=O) groups excluding carboxylic acids is 3. The lowest BCUT2D eigenvalue weighted by Crippen LogP contribution is -2.41. The van der Waals surface area contributed by atoms with Gasteiger partial charge in [0.2, 0.25) is 5.91 Å². The standard InChI is InChI=1S/C11H17NO4/c1-4-6-16-11(15)7-9(8(3)13)12-10(14)5-2/h4,9H,1,5-7H2,2-3H3,(H,12,14)/t9-/m0/s1. The average molecular weight is 227 g/mol. The van der Waals surface area contributed by atoms with Crippen LogP contribution in [0.4, 0.5) is 0 Å². The molecule has 1 atom stereocenters. The maximum Gasteiger partial charge on any atom is 0.308 e. The van der Waals surface area contributed by atoms with Gasteiger partial charge < -0.3 is 10.1 Å². The molecule has 0 aliphatic heterocycles. The Hall–Kier alpha value is -1.65. The Morgan fingerprint density at radius 3 is 2.50 bits per heavy atom. The molecule has 0 rings (SSSR count). The summed E-state index contributed by atoms with van der Waals surface area (Å²) in [6, 6.07) is -0.801. The van der Waals surface area contributed by atoms with Gasteiger partial charge in [0.1, 0.15) is 6.61 Å². The first kappa shape index (κ1) is 14.3. The molecular weight excluding hydrogens is 210 g/mol. The van der Waals surface area contributed by atoms with E-state index in [9.17, 15) is 14.4 Å². The first-order valence-corrected chi connectivity index (χ1v) is 5.07. The highest BCUT2D eigenvalue weighted by atomic mass is 16.5. The van der Waals surface area contributed by atoms with Crippen LogP contribution in [0.2, 0.25) is 0 Å². The molecule has 0 radical (unpaired) electrons. The Bertz CT molecular complexity index is 286. The van der Waals surface area contributed by atoms with E-state index < -0.39 is 12.0 Å². The Morgan fingerprint density at radius 1 is 1.44 bits per heavy atom. The summed E-state index contributed by atoms with van der Waals surface area (Å²) in [5.41, 5.74) is 0. The van der Waals surface area contributed by atoms with E-state index >= 15 is 0 Å². The second-order valence-corrected chi connectivity index (χ2v) is 3.26. The van der Waals surface area contributed by atoms with Gasteiger partial charge in [-0.25, -0.2) is 0 Å². The maximum atomic E-state index is 11.2. The SMILES string of the molecule is C=CCOC(=O)C[C@H](NC(=O)CC)C(C)=O. The Kier molecular flexibility index (Phi) is 6.83. The number of carbonyl (C=O) groups is 3. The minimum absolute atomic E-state index is 0.102. The third kappa shape index (κ3) is 5.95. The summed E-state index contributed by atoms with van der Waals surface area (Å²) in [7, 11) is 0. The molecule has 0 fully saturated rings. The van der Waals surface area contributed by atoms with E-state index in [0.717, 1.165) is 0 Å². The maximum absolute atomic E-state index is 11.2. The number of hydrogen-bond acceptors (Lipinski definition) is 4. The Morgan fingerprint density at radius 2 is 2.06 bits per heavy atom. The second-order valence-electron chi connectivity index (χ2n) is 3.26. The molecule has 0 saturated heterocycles. The van der Waals surface area contributed by atoms with Gasteiger partial charge in [0.25, 0.3) is 0 Å². The summed E-state index contributed by atoms with van der Waals surface area (Å²) >= 11 is 0. The predicted octanol–water partition coefficient (Wildman–Crippen LogP) is 0.589. The number of rotatable bonds is 7. The molecule has 0 aromatic rings. The fourth-order valence-corrected chi connectivity index (χ4v) is 0.970. The van der Waals surface area contributed by atoms with Crippen LogP contribution in [0.5, 0.6) is 0 Å². The summed E-state index contributed by atoms with van der Waals surface area (Å²) in [6.45, 7) is 6.49. The summed E-state index contributed by atoms with van der Waals surface area (Å²) in [5, 5.41) is 2.46. The van der Waals surface area contributed by atoms with E-state index in [-0.39, 0.29) is 31.1 Å². The van der Waals surface area contributed by atoms with Crippen molar-refractivity contribution in [2.45, 2.75) is 32.7 Å². The fourth-order valence-electron chi connectivity index (χ4n) is 0.970. The van der Waals surface area contributed by atoms with Crippen molar-refractivity contribution in [3.05, 3.63) is 12.7 Å². The number of nitrogens with one attached hydrogen (secondary N) is 1. The molecule has 0 aliphatic rings. The number of amides is 1. The summed E-state index contributed by atoms with van der Waals surface area (Å²) < 4.78 is 4.73. The minimum atomic E-state index is -0.801. The quantitative estimate of drug-likeness (QED) is 0.510. The first-order chi connectivity index (χ1) is 7.51. The van der Waals surface area contributed by atoms with Crippen molar-refractivity contribution in [3.63, 3.8) is 0 Å². The van der Waals surface area contributed by atoms with E-state index in [1.165, 1.54) is 13.0 Å². The topological polar surface area (TPSA) is 72.5 Å². The van der Waals surface area contributed by atoms with E-state index in [2.05, 4.69) is 11.9 Å². The summed E-state index contributed by atoms with van der Waals surface area (Å²) in [5.74, 6) is -1.06. The zero-order valence-corrected chi connectivity index (χ0v) is 9.62. The molecule has 0 heterocycles. The molecule has 0 bridgehead atoms. The highest BCUT2D eigenvalue weighted by Crippen LogP contribution is 1.98. The van der Waals surface area contributed by atoms with Gasteiger partial charge in [0, 0.05) is 6.42 Å². The first-order valence-electron chi connectivity index (χ1n) is 5.07. The van der Waals surface area contributed by atoms with Gasteiger partial charge in [0.05, 0.1) is 12.5 Å². The van der Waals surface area contributed by atoms with Gasteiger partial charge in [-0.1, -0.05) is 19.6 Å². The number of hydrogen-bond donors (Lipinski definition) is 1. The van der Waals surface area contributed by atoms with Crippen LogP contribution in [0, 0.1) is 0 Å². The van der Waals surface area contributed by atoms with Crippen LogP contribution in [-0.4, -0.2) is 30.3 Å². The molecule has 1 N–H and O–H groups in total. The molecule has 90 valence electrons. The van der Waals surface area contributed by atoms with Crippen LogP contribution in [0.15, 0.2) is 12.7 Å². The Balaban J connectivity index is 4.22. The molecular formula is C11H17NO4. The highest BCUT2D eigenvalue weighted by Gasteiger charge is 2.20. The zero-order valence-electron chi connectivity index (χ0n) is 9.62. The van der Waals surface area contributed by atoms with E-state index in [0.29, 0.717) is 0 Å². The monoisotopic (exact) mass is 227 g/mol. The van der Waals surface area contributed by atoms with E-state index in [1.54, 1.807) is 6.92 Å². The van der Waals surface area contributed by atoms with Crippen LogP contribution >= 0.6 is 0 Å². The van der Waals surface area contributed by atoms with Crippen molar-refractivity contribution in [2.24, 2.45) is 0 Å². The fraction of sp³-hybridized carbons (Fsp3) is 0.545. The van der Waals surface area contributed by atoms with Gasteiger partial charge >= 0.3 is 5.97 Å². The molecule has 16 heavy (non-hydrogen) atoms. The molecule has 1 amide bonds. The lowest BCUT2D eigenvalue weighted by molar-refractivity contribution is -0.144. The van der Waals surface area contributed by atoms with Crippen molar-refractivity contribution in [3.8, 4) is 0 Å². The molecule has 0 aliphatic carbocycles. The van der Waals surface area contributed by atoms with Crippen molar-refractivity contribution < 1.29 is 19.1 Å². The molecule has 5 nitrogen and oxygen atoms in total. The average Bonchev–Trinajstić information content (AvgIpc) is 2.24. The van der Waals surface area contributed by atoms with Crippen LogP contribution < -0.4 is 5.32 Å². The van der Waals surface area contributed by atoms with Crippen molar-refractivity contribution in [1.82, 2.24) is 5.32 Å². The molecule has 0 saturated carbocycles. The molecule has 0 spiro atoms. The molecule has 5 heteroatoms. The normalized spacial score (nSPS) is 11.4. The number of ketones is 1. The van der Waals surface area contributed by atoms with Gasteiger partial charge in [-0.3, -0.25) is 14.4 Å². The van der Waals surface area contributed by atoms with Gasteiger partial charge in [0.15, 0.2) is 5.78 Å². The van der Waals surface area contributed by atoms with Crippen LogP contribution in [0.3, 0.4) is 0 Å². The lowest BCUT2D eigenvalue weighted by atomic mass is 10.1. The van der Waals surface area contributed by atoms with Gasteiger partial charge in [-0.2, -0.15) is 0 Å². The zero-order chi connectivity index (χ0) is 12.6. The minimum Gasteiger partial charge on any atom is -0.461 e. The lowest BCUT2D eigenvalue weighted by Gasteiger charge is -2.14. The Labute approximate surface area is 94.8 Å². The largest absolute Gasteiger partial charge is 0.461 e. The van der Waals surface area contributed by atoms with Crippen LogP contribution in [-0.2, 0) is 19.1 Å². The van der Waals surface area contributed by atoms with Crippen molar-refractivity contribution in [1.29, 1.82) is 0 Å². The third-order valence-corrected chi connectivity index (χ3v) is 1.88. The van der Waals surface area contributed by atoms with Gasteiger partial charge in [-0.05, 0) is 6.92 Å². The van der Waals surface area contributed by atoms with E-state index in [4.69, 9.17) is 4.74 Å². The smallest absolute Gasteiger partial charge is 0.308 e. The van der Waals surface area contributed by atoms with Gasteiger partial charge in [-0.15, -0.1) is 0 Å². The molecule has 0 unspecified atom stereocenters. The summed E-state index contributed by atoms with van der Waals surface area (Å²) in [4.78, 5) is 33.5. The third-order valence-electron chi connectivity index (χ3n) is 1.88. The van der Waals surface area contributed by atoms with Crippen molar-refractivity contribution in [2.75, 3.05) is 6.61 Å². The highest BCUT2D eigenvalue weighted by molar-refractivity contribution is 5.90. The number of esters is 1. The number of ether oxygens (including phenoxy) is 1. The van der Waals surface area contributed by atoms with Crippen LogP contribution in [0.1, 0.15) is 26.7 Å². The van der Waals surface area contributed by atoms with Crippen LogP contribution in [0.25, 0.3) is 0 Å². The molecule has 0 aromatic heterocycles. The second kappa shape index (κ2) is 7.62. The molecule has 0 aromatic carbocycles. The predicted molar refractivity (Wildman–Crippen MR) is 58.7 cm³/mol. The van der Waals surface area contributed by atoms with E-state index in [1.807, 2.05) is 0 Å². The summed E-state index contributed by atoms with van der Waals surface area (Å²) in [6.07, 6.45) is 1.56. The number of Topliss-reactive ketones (excluding diaryl/α,β-unsaturated/α-hetero) is 1. The van der Waals surface area contributed by atoms with Crippen molar-refractivity contribution >= 4 is 17.7 Å².